The molecule has 1 heterocycles. The van der Waals surface area contributed by atoms with E-state index in [0.29, 0.717) is 25.7 Å². The first kappa shape index (κ1) is 14.7. The number of rotatable bonds is 1. The average molecular weight is 330 g/mol. The number of carbonyl (C=O) groups excluding carboxylic acids is 1. The Morgan fingerprint density at radius 2 is 2.17 bits per heavy atom. The zero-order valence-electron chi connectivity index (χ0n) is 13.7. The summed E-state index contributed by atoms with van der Waals surface area (Å²) in [5.41, 5.74) is -0.291. The summed E-state index contributed by atoms with van der Waals surface area (Å²) < 4.78 is 5.97. The molecule has 5 rings (SSSR count). The van der Waals surface area contributed by atoms with Gasteiger partial charge in [0, 0.05) is 17.3 Å². The largest absolute Gasteiger partial charge is 0.481 e. The van der Waals surface area contributed by atoms with Crippen molar-refractivity contribution in [3.8, 4) is 0 Å². The van der Waals surface area contributed by atoms with Crippen LogP contribution in [-0.2, 0) is 14.3 Å². The third-order valence-corrected chi connectivity index (χ3v) is 7.76. The van der Waals surface area contributed by atoms with Gasteiger partial charge >= 0.3 is 11.9 Å². The Hall–Kier alpha value is -1.62. The predicted octanol–water partition coefficient (Wildman–Crippen LogP) is 2.06. The van der Waals surface area contributed by atoms with Gasteiger partial charge in [-0.3, -0.25) is 9.59 Å². The standard InChI is InChI=1S/C19H22O5/c1-9-7-18-8-10(9)11(20)6-12(18)19-5-3-4-17(2,16(23)24-19)14(19)13(18)15(21)22/h6,10-11,13-14,20H,1,3-5,7-8H2,2H3,(H,21,22). The summed E-state index contributed by atoms with van der Waals surface area (Å²) in [5.74, 6) is -2.17. The van der Waals surface area contributed by atoms with Crippen molar-refractivity contribution < 1.29 is 24.5 Å². The van der Waals surface area contributed by atoms with Crippen LogP contribution in [0, 0.1) is 28.6 Å². The minimum absolute atomic E-state index is 0.0748. The van der Waals surface area contributed by atoms with Crippen LogP contribution < -0.4 is 0 Å². The van der Waals surface area contributed by atoms with Crippen molar-refractivity contribution in [2.24, 2.45) is 28.6 Å². The molecule has 5 heteroatoms. The molecule has 1 aliphatic heterocycles. The second-order valence-electron chi connectivity index (χ2n) is 8.72. The number of aliphatic hydroxyl groups is 1. The van der Waals surface area contributed by atoms with Gasteiger partial charge in [-0.05, 0) is 44.6 Å². The molecule has 4 bridgehead atoms. The van der Waals surface area contributed by atoms with E-state index in [2.05, 4.69) is 6.58 Å². The van der Waals surface area contributed by atoms with Crippen LogP contribution in [0.1, 0.15) is 39.0 Å². The van der Waals surface area contributed by atoms with Gasteiger partial charge in [-0.1, -0.05) is 18.2 Å². The van der Waals surface area contributed by atoms with E-state index in [9.17, 15) is 19.8 Å². The fourth-order valence-electron chi connectivity index (χ4n) is 6.99. The van der Waals surface area contributed by atoms with Crippen molar-refractivity contribution in [2.45, 2.75) is 50.7 Å². The number of carbonyl (C=O) groups is 2. The lowest BCUT2D eigenvalue weighted by molar-refractivity contribution is -0.152. The van der Waals surface area contributed by atoms with Crippen LogP contribution in [0.15, 0.2) is 23.8 Å². The maximum absolute atomic E-state index is 12.7. The Bertz CT molecular complexity index is 738. The number of esters is 1. The van der Waals surface area contributed by atoms with Crippen LogP contribution in [0.3, 0.4) is 0 Å². The topological polar surface area (TPSA) is 83.8 Å². The Balaban J connectivity index is 1.81. The van der Waals surface area contributed by atoms with Gasteiger partial charge in [-0.25, -0.2) is 0 Å². The third-order valence-electron chi connectivity index (χ3n) is 7.76. The van der Waals surface area contributed by atoms with Gasteiger partial charge in [0.25, 0.3) is 0 Å². The van der Waals surface area contributed by atoms with Crippen molar-refractivity contribution in [1.29, 1.82) is 0 Å². The number of carboxylic acid groups (broad SMARTS) is 1. The number of aliphatic carboxylic acids is 1. The molecular formula is C19H22O5. The lowest BCUT2D eigenvalue weighted by atomic mass is 9.60. The summed E-state index contributed by atoms with van der Waals surface area (Å²) in [5, 5.41) is 20.7. The van der Waals surface area contributed by atoms with Crippen LogP contribution in [0.2, 0.25) is 0 Å². The molecule has 5 nitrogen and oxygen atoms in total. The first-order valence-corrected chi connectivity index (χ1v) is 8.81. The molecule has 0 radical (unpaired) electrons. The van der Waals surface area contributed by atoms with E-state index >= 15 is 0 Å². The highest BCUT2D eigenvalue weighted by Crippen LogP contribution is 2.76. The Kier molecular flexibility index (Phi) is 2.42. The highest BCUT2D eigenvalue weighted by atomic mass is 16.6. The molecule has 128 valence electrons. The highest BCUT2D eigenvalue weighted by molar-refractivity contribution is 5.86. The fourth-order valence-corrected chi connectivity index (χ4v) is 6.99. The van der Waals surface area contributed by atoms with E-state index in [0.717, 1.165) is 17.6 Å². The molecule has 2 N–H and O–H groups in total. The number of hydrogen-bond donors (Lipinski definition) is 2. The summed E-state index contributed by atoms with van der Waals surface area (Å²) in [4.78, 5) is 25.0. The summed E-state index contributed by atoms with van der Waals surface area (Å²) >= 11 is 0. The van der Waals surface area contributed by atoms with Gasteiger partial charge in [0.1, 0.15) is 5.60 Å². The molecular weight excluding hydrogens is 308 g/mol. The quantitative estimate of drug-likeness (QED) is 0.568. The normalized spacial score (nSPS) is 54.2. The fraction of sp³-hybridized carbons (Fsp3) is 0.684. The van der Waals surface area contributed by atoms with Crippen LogP contribution in [0.4, 0.5) is 0 Å². The van der Waals surface area contributed by atoms with Gasteiger partial charge in [-0.15, -0.1) is 0 Å². The highest BCUT2D eigenvalue weighted by Gasteiger charge is 2.80. The summed E-state index contributed by atoms with van der Waals surface area (Å²) in [6.07, 6.45) is 4.55. The SMILES string of the molecule is C=C1CC23CC1C(O)C=C2C12CCCC(C)(C(=O)O1)C2C3C(=O)O. The summed E-state index contributed by atoms with van der Waals surface area (Å²) in [6.45, 7) is 5.99. The number of ether oxygens (including phenoxy) is 1. The molecule has 3 saturated carbocycles. The molecule has 7 atom stereocenters. The second-order valence-corrected chi connectivity index (χ2v) is 8.72. The van der Waals surface area contributed by atoms with Crippen molar-refractivity contribution in [3.63, 3.8) is 0 Å². The maximum Gasteiger partial charge on any atom is 0.313 e. The van der Waals surface area contributed by atoms with Gasteiger partial charge in [0.15, 0.2) is 0 Å². The molecule has 7 unspecified atom stereocenters. The average Bonchev–Trinajstić information content (AvgIpc) is 2.96. The molecule has 24 heavy (non-hydrogen) atoms. The molecule has 1 saturated heterocycles. The first-order valence-electron chi connectivity index (χ1n) is 8.81. The Morgan fingerprint density at radius 1 is 1.42 bits per heavy atom. The van der Waals surface area contributed by atoms with Crippen LogP contribution >= 0.6 is 0 Å². The smallest absolute Gasteiger partial charge is 0.313 e. The van der Waals surface area contributed by atoms with Gasteiger partial charge in [-0.2, -0.15) is 0 Å². The second kappa shape index (κ2) is 3.96. The number of aliphatic hydroxyl groups excluding tert-OH is 1. The van der Waals surface area contributed by atoms with E-state index in [-0.39, 0.29) is 17.8 Å². The zero-order chi connectivity index (χ0) is 17.1. The predicted molar refractivity (Wildman–Crippen MR) is 83.8 cm³/mol. The molecule has 0 aromatic rings. The monoisotopic (exact) mass is 330 g/mol. The van der Waals surface area contributed by atoms with Crippen molar-refractivity contribution >= 4 is 11.9 Å². The van der Waals surface area contributed by atoms with Gasteiger partial charge in [0.05, 0.1) is 17.4 Å². The zero-order valence-corrected chi connectivity index (χ0v) is 13.7. The van der Waals surface area contributed by atoms with E-state index in [1.54, 1.807) is 0 Å². The third kappa shape index (κ3) is 1.28. The number of fused-ring (bicyclic) bond motifs is 1. The van der Waals surface area contributed by atoms with E-state index < -0.39 is 34.4 Å². The van der Waals surface area contributed by atoms with Crippen molar-refractivity contribution in [2.75, 3.05) is 0 Å². The minimum Gasteiger partial charge on any atom is -0.481 e. The van der Waals surface area contributed by atoms with E-state index in [4.69, 9.17) is 4.74 Å². The molecule has 0 aromatic carbocycles. The maximum atomic E-state index is 12.7. The van der Waals surface area contributed by atoms with Gasteiger partial charge in [0.2, 0.25) is 0 Å². The molecule has 0 amide bonds. The molecule has 1 spiro atoms. The Labute approximate surface area is 140 Å². The number of carboxylic acids is 1. The van der Waals surface area contributed by atoms with Crippen LogP contribution in [0.25, 0.3) is 0 Å². The number of hydrogen-bond acceptors (Lipinski definition) is 4. The minimum atomic E-state index is -0.843. The van der Waals surface area contributed by atoms with Gasteiger partial charge < -0.3 is 14.9 Å². The first-order chi connectivity index (χ1) is 11.3. The van der Waals surface area contributed by atoms with E-state index in [1.165, 1.54) is 0 Å². The van der Waals surface area contributed by atoms with Crippen LogP contribution in [-0.4, -0.2) is 33.9 Å². The van der Waals surface area contributed by atoms with Crippen molar-refractivity contribution in [3.05, 3.63) is 23.8 Å². The van der Waals surface area contributed by atoms with E-state index in [1.807, 2.05) is 13.0 Å². The summed E-state index contributed by atoms with van der Waals surface area (Å²) in [6, 6.07) is 0. The molecule has 5 aliphatic rings. The molecule has 0 aromatic heterocycles. The summed E-state index contributed by atoms with van der Waals surface area (Å²) in [7, 11) is 0. The Morgan fingerprint density at radius 3 is 2.88 bits per heavy atom. The molecule has 4 aliphatic carbocycles. The molecule has 4 fully saturated rings. The van der Waals surface area contributed by atoms with Crippen LogP contribution in [0.5, 0.6) is 0 Å². The lowest BCUT2D eigenvalue weighted by Gasteiger charge is -2.39. The lowest BCUT2D eigenvalue weighted by Crippen LogP contribution is -2.45. The van der Waals surface area contributed by atoms with Crippen molar-refractivity contribution in [1.82, 2.24) is 0 Å².